The Bertz CT molecular complexity index is 579. The van der Waals surface area contributed by atoms with Crippen molar-refractivity contribution in [3.63, 3.8) is 0 Å². The summed E-state index contributed by atoms with van der Waals surface area (Å²) in [6, 6.07) is 8.63. The minimum Gasteiger partial charge on any atom is -0.379 e. The molecular formula is C16H20N2O. The summed E-state index contributed by atoms with van der Waals surface area (Å²) in [5, 5.41) is 4.85. The van der Waals surface area contributed by atoms with Crippen LogP contribution in [0.2, 0.25) is 0 Å². The number of aromatic nitrogens is 1. The monoisotopic (exact) mass is 256 g/mol. The lowest BCUT2D eigenvalue weighted by molar-refractivity contribution is -0.0956. The molecule has 2 aromatic rings. The summed E-state index contributed by atoms with van der Waals surface area (Å²) in [7, 11) is 0. The minimum atomic E-state index is 0.252. The number of para-hydroxylation sites is 1. The van der Waals surface area contributed by atoms with Crippen LogP contribution < -0.4 is 5.32 Å². The van der Waals surface area contributed by atoms with Crippen molar-refractivity contribution in [1.29, 1.82) is 0 Å². The van der Waals surface area contributed by atoms with Crippen LogP contribution in [-0.2, 0) is 10.2 Å². The molecule has 3 heterocycles. The van der Waals surface area contributed by atoms with Crippen molar-refractivity contribution in [2.45, 2.75) is 18.3 Å². The summed E-state index contributed by atoms with van der Waals surface area (Å²) in [6.07, 6.45) is 4.75. The Morgan fingerprint density at radius 2 is 1.89 bits per heavy atom. The van der Waals surface area contributed by atoms with Gasteiger partial charge in [0, 0.05) is 22.5 Å². The molecule has 0 bridgehead atoms. The summed E-state index contributed by atoms with van der Waals surface area (Å²) in [4.78, 5) is 3.43. The van der Waals surface area contributed by atoms with Gasteiger partial charge in [-0.3, -0.25) is 0 Å². The Balaban J connectivity index is 1.79. The zero-order valence-electron chi connectivity index (χ0n) is 11.1. The molecule has 1 aromatic carbocycles. The van der Waals surface area contributed by atoms with E-state index in [0.717, 1.165) is 32.2 Å². The summed E-state index contributed by atoms with van der Waals surface area (Å²) < 4.78 is 5.63. The van der Waals surface area contributed by atoms with Crippen molar-refractivity contribution < 1.29 is 4.74 Å². The van der Waals surface area contributed by atoms with E-state index in [1.807, 2.05) is 0 Å². The Morgan fingerprint density at radius 1 is 1.11 bits per heavy atom. The molecular weight excluding hydrogens is 236 g/mol. The Morgan fingerprint density at radius 3 is 2.63 bits per heavy atom. The van der Waals surface area contributed by atoms with E-state index in [4.69, 9.17) is 4.74 Å². The van der Waals surface area contributed by atoms with Crippen LogP contribution in [0.5, 0.6) is 0 Å². The van der Waals surface area contributed by atoms with E-state index in [-0.39, 0.29) is 5.41 Å². The van der Waals surface area contributed by atoms with Gasteiger partial charge in [-0.1, -0.05) is 18.2 Å². The van der Waals surface area contributed by atoms with Gasteiger partial charge in [-0.25, -0.2) is 0 Å². The molecule has 100 valence electrons. The molecule has 0 saturated carbocycles. The third kappa shape index (κ3) is 1.65. The molecule has 0 atom stereocenters. The average molecular weight is 256 g/mol. The molecule has 3 heteroatoms. The highest BCUT2D eigenvalue weighted by molar-refractivity contribution is 5.84. The maximum Gasteiger partial charge on any atom is 0.0589 e. The van der Waals surface area contributed by atoms with Crippen LogP contribution >= 0.6 is 0 Å². The molecule has 1 aromatic heterocycles. The molecule has 0 unspecified atom stereocenters. The van der Waals surface area contributed by atoms with Crippen LogP contribution in [0.3, 0.4) is 0 Å². The van der Waals surface area contributed by atoms with E-state index in [1.54, 1.807) is 0 Å². The smallest absolute Gasteiger partial charge is 0.0589 e. The Kier molecular flexibility index (Phi) is 2.64. The van der Waals surface area contributed by atoms with Gasteiger partial charge < -0.3 is 15.0 Å². The Labute approximate surface area is 113 Å². The van der Waals surface area contributed by atoms with Crippen molar-refractivity contribution in [3.05, 3.63) is 36.0 Å². The van der Waals surface area contributed by atoms with Gasteiger partial charge in [0.1, 0.15) is 0 Å². The first kappa shape index (κ1) is 11.5. The van der Waals surface area contributed by atoms with Crippen LogP contribution in [0, 0.1) is 5.92 Å². The number of hydrogen-bond donors (Lipinski definition) is 2. The van der Waals surface area contributed by atoms with Crippen molar-refractivity contribution in [1.82, 2.24) is 10.3 Å². The van der Waals surface area contributed by atoms with E-state index in [9.17, 15) is 0 Å². The lowest BCUT2D eigenvalue weighted by Crippen LogP contribution is -2.54. The molecule has 2 fully saturated rings. The topological polar surface area (TPSA) is 37.0 Å². The predicted molar refractivity (Wildman–Crippen MR) is 76.4 cm³/mol. The molecule has 0 spiro atoms. The zero-order chi connectivity index (χ0) is 12.7. The van der Waals surface area contributed by atoms with Gasteiger partial charge in [-0.15, -0.1) is 0 Å². The quantitative estimate of drug-likeness (QED) is 0.866. The number of fused-ring (bicyclic) bond motifs is 1. The molecule has 0 amide bonds. The second kappa shape index (κ2) is 4.36. The van der Waals surface area contributed by atoms with Crippen molar-refractivity contribution in [2.24, 2.45) is 5.92 Å². The van der Waals surface area contributed by atoms with Gasteiger partial charge >= 0.3 is 0 Å². The second-order valence-electron chi connectivity index (χ2n) is 5.92. The lowest BCUT2D eigenvalue weighted by Gasteiger charge is -2.49. The van der Waals surface area contributed by atoms with Gasteiger partial charge in [0.15, 0.2) is 0 Å². The third-order valence-electron chi connectivity index (χ3n) is 4.97. The molecule has 2 aliphatic heterocycles. The number of ether oxygens (including phenoxy) is 1. The van der Waals surface area contributed by atoms with Gasteiger partial charge in [-0.2, -0.15) is 0 Å². The van der Waals surface area contributed by atoms with E-state index in [1.165, 1.54) is 29.3 Å². The number of benzene rings is 1. The zero-order valence-corrected chi connectivity index (χ0v) is 11.1. The molecule has 2 N–H and O–H groups in total. The highest BCUT2D eigenvalue weighted by atomic mass is 16.5. The van der Waals surface area contributed by atoms with Crippen molar-refractivity contribution in [3.8, 4) is 0 Å². The second-order valence-corrected chi connectivity index (χ2v) is 5.92. The van der Waals surface area contributed by atoms with Gasteiger partial charge in [0.25, 0.3) is 0 Å². The van der Waals surface area contributed by atoms with E-state index >= 15 is 0 Å². The summed E-state index contributed by atoms with van der Waals surface area (Å²) in [5.41, 5.74) is 2.97. The third-order valence-corrected chi connectivity index (χ3v) is 4.97. The maximum absolute atomic E-state index is 5.63. The fraction of sp³-hybridized carbons (Fsp3) is 0.500. The highest BCUT2D eigenvalue weighted by Gasteiger charge is 2.48. The molecule has 2 aliphatic rings. The van der Waals surface area contributed by atoms with Crippen LogP contribution in [0.1, 0.15) is 18.4 Å². The van der Waals surface area contributed by atoms with Crippen molar-refractivity contribution in [2.75, 3.05) is 26.3 Å². The molecule has 2 saturated heterocycles. The predicted octanol–water partition coefficient (Wildman–Crippen LogP) is 2.44. The molecule has 0 radical (unpaired) electrons. The number of H-pyrrole nitrogens is 1. The maximum atomic E-state index is 5.63. The number of hydrogen-bond acceptors (Lipinski definition) is 2. The van der Waals surface area contributed by atoms with Gasteiger partial charge in [-0.05, 0) is 43.5 Å². The van der Waals surface area contributed by atoms with E-state index < -0.39 is 0 Å². The van der Waals surface area contributed by atoms with E-state index in [2.05, 4.69) is 40.8 Å². The minimum absolute atomic E-state index is 0.252. The number of nitrogens with one attached hydrogen (secondary N) is 2. The first-order valence-electron chi connectivity index (χ1n) is 7.25. The normalized spacial score (nSPS) is 23.4. The molecule has 3 nitrogen and oxygen atoms in total. The largest absolute Gasteiger partial charge is 0.379 e. The number of rotatable bonds is 2. The summed E-state index contributed by atoms with van der Waals surface area (Å²) in [5.74, 6) is 0.752. The first-order valence-corrected chi connectivity index (χ1v) is 7.25. The molecule has 0 aliphatic carbocycles. The Hall–Kier alpha value is -1.32. The lowest BCUT2D eigenvalue weighted by atomic mass is 9.65. The summed E-state index contributed by atoms with van der Waals surface area (Å²) in [6.45, 7) is 4.07. The standard InChI is InChI=1S/C16H20N2O/c1-2-4-15-13(3-1)14(9-18-15)16(10-19-11-16)12-5-7-17-8-6-12/h1-4,9,12,17-18H,5-8,10-11H2. The number of piperidine rings is 1. The van der Waals surface area contributed by atoms with Crippen LogP contribution in [0.15, 0.2) is 30.5 Å². The number of aromatic amines is 1. The fourth-order valence-electron chi connectivity index (χ4n) is 3.79. The first-order chi connectivity index (χ1) is 9.40. The average Bonchev–Trinajstić information content (AvgIpc) is 2.84. The van der Waals surface area contributed by atoms with Crippen LogP contribution in [-0.4, -0.2) is 31.3 Å². The fourth-order valence-corrected chi connectivity index (χ4v) is 3.79. The SMILES string of the molecule is c1ccc2c(C3(C4CCNCC4)COC3)c[nH]c2c1. The van der Waals surface area contributed by atoms with E-state index in [0.29, 0.717) is 0 Å². The van der Waals surface area contributed by atoms with Crippen molar-refractivity contribution >= 4 is 10.9 Å². The molecule has 4 rings (SSSR count). The molecule has 19 heavy (non-hydrogen) atoms. The van der Waals surface area contributed by atoms with Crippen LogP contribution in [0.4, 0.5) is 0 Å². The van der Waals surface area contributed by atoms with Crippen LogP contribution in [0.25, 0.3) is 10.9 Å². The van der Waals surface area contributed by atoms with Gasteiger partial charge in [0.2, 0.25) is 0 Å². The highest BCUT2D eigenvalue weighted by Crippen LogP contribution is 2.45. The summed E-state index contributed by atoms with van der Waals surface area (Å²) >= 11 is 0. The van der Waals surface area contributed by atoms with Gasteiger partial charge in [0.05, 0.1) is 13.2 Å².